The van der Waals surface area contributed by atoms with Gasteiger partial charge in [0, 0.05) is 5.75 Å². The normalized spacial score (nSPS) is 13.7. The third-order valence-electron chi connectivity index (χ3n) is 3.94. The monoisotopic (exact) mass is 328 g/mol. The lowest BCUT2D eigenvalue weighted by Crippen LogP contribution is -2.30. The van der Waals surface area contributed by atoms with Gasteiger partial charge in [0.1, 0.15) is 4.75 Å². The van der Waals surface area contributed by atoms with Gasteiger partial charge in [-0.2, -0.15) is 0 Å². The summed E-state index contributed by atoms with van der Waals surface area (Å²) >= 11 is 1.48. The molecule has 0 aliphatic rings. The van der Waals surface area contributed by atoms with Crippen molar-refractivity contribution in [1.82, 2.24) is 0 Å². The average Bonchev–Trinajstić information content (AvgIpc) is 2.53. The Morgan fingerprint density at radius 2 is 1.70 bits per heavy atom. The molecular formula is C20H24O2S. The predicted octanol–water partition coefficient (Wildman–Crippen LogP) is 5.12. The Labute approximate surface area is 142 Å². The molecule has 0 saturated heterocycles. The zero-order valence-corrected chi connectivity index (χ0v) is 14.8. The van der Waals surface area contributed by atoms with E-state index >= 15 is 0 Å². The van der Waals surface area contributed by atoms with Crippen LogP contribution in [0, 0.1) is 5.92 Å². The minimum Gasteiger partial charge on any atom is -0.480 e. The standard InChI is InChI=1S/C20H24O2S/c1-15(2)13-17-11-7-8-12-18(17)20(3,19(21)22)23-14-16-9-5-4-6-10-16/h4-12,15H,13-14H2,1-3H3,(H,21,22). The van der Waals surface area contributed by atoms with Crippen LogP contribution < -0.4 is 0 Å². The van der Waals surface area contributed by atoms with Crippen LogP contribution in [0.1, 0.15) is 37.5 Å². The molecule has 0 fully saturated rings. The van der Waals surface area contributed by atoms with E-state index in [1.807, 2.05) is 55.5 Å². The fourth-order valence-corrected chi connectivity index (χ4v) is 3.79. The van der Waals surface area contributed by atoms with E-state index in [2.05, 4.69) is 19.9 Å². The van der Waals surface area contributed by atoms with Crippen molar-refractivity contribution in [3.63, 3.8) is 0 Å². The van der Waals surface area contributed by atoms with E-state index in [1.54, 1.807) is 0 Å². The maximum atomic E-state index is 12.1. The van der Waals surface area contributed by atoms with Gasteiger partial charge < -0.3 is 5.11 Å². The number of carbonyl (C=O) groups is 1. The van der Waals surface area contributed by atoms with Crippen LogP contribution in [0.25, 0.3) is 0 Å². The lowest BCUT2D eigenvalue weighted by atomic mass is 9.90. The van der Waals surface area contributed by atoms with Crippen LogP contribution in [-0.4, -0.2) is 11.1 Å². The maximum Gasteiger partial charge on any atom is 0.324 e. The molecule has 0 bridgehead atoms. The number of carboxylic acids is 1. The molecule has 0 amide bonds. The quantitative estimate of drug-likeness (QED) is 0.766. The first-order valence-corrected chi connectivity index (χ1v) is 8.91. The van der Waals surface area contributed by atoms with Crippen molar-refractivity contribution in [2.24, 2.45) is 5.92 Å². The molecule has 3 heteroatoms. The highest BCUT2D eigenvalue weighted by Gasteiger charge is 2.37. The summed E-state index contributed by atoms with van der Waals surface area (Å²) in [5.74, 6) is 0.391. The molecule has 0 aromatic heterocycles. The van der Waals surface area contributed by atoms with E-state index in [4.69, 9.17) is 0 Å². The molecule has 122 valence electrons. The van der Waals surface area contributed by atoms with Crippen LogP contribution in [-0.2, 0) is 21.7 Å². The lowest BCUT2D eigenvalue weighted by Gasteiger charge is -2.28. The highest BCUT2D eigenvalue weighted by molar-refractivity contribution is 8.00. The highest BCUT2D eigenvalue weighted by Crippen LogP contribution is 2.40. The molecule has 2 rings (SSSR count). The molecule has 1 N–H and O–H groups in total. The van der Waals surface area contributed by atoms with Crippen molar-refractivity contribution in [3.8, 4) is 0 Å². The van der Waals surface area contributed by atoms with Crippen LogP contribution in [0.15, 0.2) is 54.6 Å². The summed E-state index contributed by atoms with van der Waals surface area (Å²) in [6, 6.07) is 18.0. The second-order valence-electron chi connectivity index (χ2n) is 6.37. The zero-order chi connectivity index (χ0) is 16.9. The fraction of sp³-hybridized carbons (Fsp3) is 0.350. The van der Waals surface area contributed by atoms with Gasteiger partial charge in [0.25, 0.3) is 0 Å². The summed E-state index contributed by atoms with van der Waals surface area (Å²) < 4.78 is -0.943. The van der Waals surface area contributed by atoms with Crippen molar-refractivity contribution >= 4 is 17.7 Å². The second kappa shape index (κ2) is 7.69. The third-order valence-corrected chi connectivity index (χ3v) is 5.39. The van der Waals surface area contributed by atoms with Crippen molar-refractivity contribution in [2.45, 2.75) is 37.7 Å². The van der Waals surface area contributed by atoms with Gasteiger partial charge >= 0.3 is 5.97 Å². The number of carboxylic acid groups (broad SMARTS) is 1. The van der Waals surface area contributed by atoms with E-state index in [-0.39, 0.29) is 0 Å². The smallest absolute Gasteiger partial charge is 0.324 e. The number of hydrogen-bond donors (Lipinski definition) is 1. The molecule has 0 spiro atoms. The summed E-state index contributed by atoms with van der Waals surface area (Å²) in [6.45, 7) is 6.14. The van der Waals surface area contributed by atoms with Crippen molar-refractivity contribution < 1.29 is 9.90 Å². The molecule has 23 heavy (non-hydrogen) atoms. The van der Waals surface area contributed by atoms with Crippen molar-refractivity contribution in [3.05, 3.63) is 71.3 Å². The molecule has 2 aromatic rings. The largest absolute Gasteiger partial charge is 0.480 e. The SMILES string of the molecule is CC(C)Cc1ccccc1C(C)(SCc1ccccc1)C(=O)O. The van der Waals surface area contributed by atoms with Gasteiger partial charge in [-0.3, -0.25) is 4.79 Å². The van der Waals surface area contributed by atoms with E-state index in [0.717, 1.165) is 23.1 Å². The summed E-state index contributed by atoms with van der Waals surface area (Å²) in [7, 11) is 0. The first kappa shape index (κ1) is 17.6. The van der Waals surface area contributed by atoms with E-state index in [1.165, 1.54) is 11.8 Å². The van der Waals surface area contributed by atoms with Gasteiger partial charge in [-0.1, -0.05) is 68.4 Å². The fourth-order valence-electron chi connectivity index (χ4n) is 2.66. The van der Waals surface area contributed by atoms with Crippen molar-refractivity contribution in [2.75, 3.05) is 0 Å². The van der Waals surface area contributed by atoms with E-state index in [9.17, 15) is 9.90 Å². The van der Waals surface area contributed by atoms with Crippen LogP contribution in [0.3, 0.4) is 0 Å². The number of rotatable bonds is 7. The minimum absolute atomic E-state index is 0.494. The molecule has 1 unspecified atom stereocenters. The van der Waals surface area contributed by atoms with Gasteiger partial charge in [-0.05, 0) is 36.0 Å². The maximum absolute atomic E-state index is 12.1. The van der Waals surface area contributed by atoms with Gasteiger partial charge in [0.15, 0.2) is 0 Å². The molecule has 0 saturated carbocycles. The molecule has 0 radical (unpaired) electrons. The van der Waals surface area contributed by atoms with Crippen LogP contribution in [0.4, 0.5) is 0 Å². The first-order valence-electron chi connectivity index (χ1n) is 7.93. The number of aliphatic carboxylic acids is 1. The van der Waals surface area contributed by atoms with Gasteiger partial charge in [0.2, 0.25) is 0 Å². The van der Waals surface area contributed by atoms with Gasteiger partial charge in [0.05, 0.1) is 0 Å². The van der Waals surface area contributed by atoms with Gasteiger partial charge in [-0.15, -0.1) is 11.8 Å². The minimum atomic E-state index is -0.943. The summed E-state index contributed by atoms with van der Waals surface area (Å²) in [5.41, 5.74) is 3.20. The number of thioether (sulfide) groups is 1. The van der Waals surface area contributed by atoms with Crippen LogP contribution >= 0.6 is 11.8 Å². The molecule has 0 heterocycles. The highest BCUT2D eigenvalue weighted by atomic mass is 32.2. The van der Waals surface area contributed by atoms with Gasteiger partial charge in [-0.25, -0.2) is 0 Å². The molecular weight excluding hydrogens is 304 g/mol. The Balaban J connectivity index is 2.32. The summed E-state index contributed by atoms with van der Waals surface area (Å²) in [6.07, 6.45) is 0.894. The third kappa shape index (κ3) is 4.38. The molecule has 2 aromatic carbocycles. The van der Waals surface area contributed by atoms with E-state index < -0.39 is 10.7 Å². The number of hydrogen-bond acceptors (Lipinski definition) is 2. The lowest BCUT2D eigenvalue weighted by molar-refractivity contribution is -0.139. The summed E-state index contributed by atoms with van der Waals surface area (Å²) in [4.78, 5) is 12.1. The second-order valence-corrected chi connectivity index (χ2v) is 7.76. The molecule has 2 nitrogen and oxygen atoms in total. The Kier molecular flexibility index (Phi) is 5.89. The summed E-state index contributed by atoms with van der Waals surface area (Å²) in [5, 5.41) is 9.90. The first-order chi connectivity index (χ1) is 10.9. The van der Waals surface area contributed by atoms with Crippen molar-refractivity contribution in [1.29, 1.82) is 0 Å². The Hall–Kier alpha value is -1.74. The van der Waals surface area contributed by atoms with E-state index in [0.29, 0.717) is 11.7 Å². The van der Waals surface area contributed by atoms with Crippen LogP contribution in [0.5, 0.6) is 0 Å². The molecule has 0 aliphatic carbocycles. The Morgan fingerprint density at radius 1 is 1.09 bits per heavy atom. The zero-order valence-electron chi connectivity index (χ0n) is 14.0. The average molecular weight is 328 g/mol. The number of benzene rings is 2. The Morgan fingerprint density at radius 3 is 2.30 bits per heavy atom. The molecule has 1 atom stereocenters. The molecule has 0 aliphatic heterocycles. The topological polar surface area (TPSA) is 37.3 Å². The predicted molar refractivity (Wildman–Crippen MR) is 97.7 cm³/mol. The Bertz CT molecular complexity index is 652. The van der Waals surface area contributed by atoms with Crippen LogP contribution in [0.2, 0.25) is 0 Å².